The van der Waals surface area contributed by atoms with Gasteiger partial charge in [-0.15, -0.1) is 0 Å². The standard InChI is InChI=1S/C9H5Br2NOS/c10-6-1-3-7(4-2-6)12-9(13)8(11)5-14-12/h1-5H. The molecule has 0 unspecified atom stereocenters. The van der Waals surface area contributed by atoms with Crippen LogP contribution in [-0.2, 0) is 0 Å². The van der Waals surface area contributed by atoms with Gasteiger partial charge >= 0.3 is 0 Å². The highest BCUT2D eigenvalue weighted by molar-refractivity contribution is 9.10. The molecule has 1 heterocycles. The number of nitrogens with zero attached hydrogens (tertiary/aromatic N) is 1. The lowest BCUT2D eigenvalue weighted by Gasteiger charge is -1.99. The van der Waals surface area contributed by atoms with E-state index in [1.54, 1.807) is 9.34 Å². The molecule has 0 amide bonds. The maximum Gasteiger partial charge on any atom is 0.279 e. The van der Waals surface area contributed by atoms with E-state index < -0.39 is 0 Å². The monoisotopic (exact) mass is 333 g/mol. The molecule has 0 bridgehead atoms. The number of rotatable bonds is 1. The van der Waals surface area contributed by atoms with Crippen molar-refractivity contribution in [2.45, 2.75) is 0 Å². The van der Waals surface area contributed by atoms with Gasteiger partial charge < -0.3 is 0 Å². The van der Waals surface area contributed by atoms with Crippen LogP contribution < -0.4 is 5.56 Å². The first-order valence-corrected chi connectivity index (χ1v) is 6.23. The summed E-state index contributed by atoms with van der Waals surface area (Å²) in [6, 6.07) is 7.62. The van der Waals surface area contributed by atoms with E-state index in [1.165, 1.54) is 11.5 Å². The van der Waals surface area contributed by atoms with Gasteiger partial charge in [0.25, 0.3) is 5.56 Å². The van der Waals surface area contributed by atoms with E-state index in [1.807, 2.05) is 24.3 Å². The molecular weight excluding hydrogens is 330 g/mol. The maximum absolute atomic E-state index is 11.6. The van der Waals surface area contributed by atoms with E-state index in [2.05, 4.69) is 31.9 Å². The third-order valence-electron chi connectivity index (χ3n) is 1.71. The normalized spacial score (nSPS) is 10.4. The van der Waals surface area contributed by atoms with Crippen LogP contribution in [0.5, 0.6) is 0 Å². The van der Waals surface area contributed by atoms with Crippen LogP contribution >= 0.6 is 43.4 Å². The molecule has 0 saturated heterocycles. The Kier molecular flexibility index (Phi) is 2.90. The fraction of sp³-hybridized carbons (Fsp3) is 0. The number of hydrogen-bond acceptors (Lipinski definition) is 2. The van der Waals surface area contributed by atoms with Crippen molar-refractivity contribution >= 4 is 43.4 Å². The Morgan fingerprint density at radius 3 is 2.29 bits per heavy atom. The van der Waals surface area contributed by atoms with Crippen LogP contribution in [0.25, 0.3) is 5.69 Å². The quantitative estimate of drug-likeness (QED) is 0.783. The third-order valence-corrected chi connectivity index (χ3v) is 4.04. The molecule has 0 radical (unpaired) electrons. The number of benzene rings is 1. The Balaban J connectivity index is 2.55. The Hall–Kier alpha value is -0.390. The first kappa shape index (κ1) is 10.1. The second-order valence-corrected chi connectivity index (χ2v) is 5.23. The van der Waals surface area contributed by atoms with Gasteiger partial charge in [-0.2, -0.15) is 0 Å². The lowest BCUT2D eigenvalue weighted by molar-refractivity contribution is 1.12. The van der Waals surface area contributed by atoms with Crippen molar-refractivity contribution in [2.75, 3.05) is 0 Å². The molecule has 0 aliphatic heterocycles. The van der Waals surface area contributed by atoms with E-state index in [0.29, 0.717) is 4.47 Å². The molecule has 0 saturated carbocycles. The molecule has 2 nitrogen and oxygen atoms in total. The fourth-order valence-electron chi connectivity index (χ4n) is 1.05. The second kappa shape index (κ2) is 4.00. The van der Waals surface area contributed by atoms with Crippen molar-refractivity contribution in [3.8, 4) is 5.69 Å². The lowest BCUT2D eigenvalue weighted by Crippen LogP contribution is -2.10. The van der Waals surface area contributed by atoms with Gasteiger partial charge in [0, 0.05) is 9.85 Å². The summed E-state index contributed by atoms with van der Waals surface area (Å²) in [5.74, 6) is 0. The zero-order chi connectivity index (χ0) is 10.1. The van der Waals surface area contributed by atoms with Gasteiger partial charge in [-0.3, -0.25) is 4.79 Å². The maximum atomic E-state index is 11.6. The lowest BCUT2D eigenvalue weighted by atomic mass is 10.3. The van der Waals surface area contributed by atoms with Gasteiger partial charge in [0.1, 0.15) is 0 Å². The van der Waals surface area contributed by atoms with Gasteiger partial charge in [0.2, 0.25) is 0 Å². The Bertz CT molecular complexity index is 500. The van der Waals surface area contributed by atoms with Gasteiger partial charge in [-0.05, 0) is 40.2 Å². The molecule has 2 aromatic rings. The molecule has 0 spiro atoms. The van der Waals surface area contributed by atoms with Crippen LogP contribution in [0.15, 0.2) is 43.4 Å². The summed E-state index contributed by atoms with van der Waals surface area (Å²) in [4.78, 5) is 11.6. The third kappa shape index (κ3) is 1.85. The summed E-state index contributed by atoms with van der Waals surface area (Å²) in [5.41, 5.74) is 0.867. The fourth-order valence-corrected chi connectivity index (χ4v) is 2.59. The summed E-state index contributed by atoms with van der Waals surface area (Å²) in [6.07, 6.45) is 0. The highest BCUT2D eigenvalue weighted by atomic mass is 79.9. The topological polar surface area (TPSA) is 22.0 Å². The molecule has 5 heteroatoms. The van der Waals surface area contributed by atoms with Crippen LogP contribution in [0, 0.1) is 0 Å². The van der Waals surface area contributed by atoms with Gasteiger partial charge in [-0.25, -0.2) is 3.96 Å². The molecule has 2 rings (SSSR count). The predicted octanol–water partition coefficient (Wildman–Crippen LogP) is 3.42. The van der Waals surface area contributed by atoms with E-state index in [4.69, 9.17) is 0 Å². The van der Waals surface area contributed by atoms with Crippen LogP contribution in [0.4, 0.5) is 0 Å². The number of aromatic nitrogens is 1. The van der Waals surface area contributed by atoms with Crippen LogP contribution in [-0.4, -0.2) is 3.96 Å². The van der Waals surface area contributed by atoms with Crippen molar-refractivity contribution in [1.29, 1.82) is 0 Å². The summed E-state index contributed by atoms with van der Waals surface area (Å²) in [6.45, 7) is 0. The Labute approximate surface area is 102 Å². The highest BCUT2D eigenvalue weighted by Gasteiger charge is 2.04. The van der Waals surface area contributed by atoms with Crippen LogP contribution in [0.3, 0.4) is 0 Å². The average Bonchev–Trinajstić information content (AvgIpc) is 2.50. The number of halogens is 2. The average molecular weight is 335 g/mol. The molecule has 0 aliphatic carbocycles. The first-order valence-electron chi connectivity index (χ1n) is 3.81. The summed E-state index contributed by atoms with van der Waals surface area (Å²) >= 11 is 7.92. The van der Waals surface area contributed by atoms with Gasteiger partial charge in [-0.1, -0.05) is 27.5 Å². The zero-order valence-corrected chi connectivity index (χ0v) is 10.9. The number of hydrogen-bond donors (Lipinski definition) is 0. The summed E-state index contributed by atoms with van der Waals surface area (Å²) in [5, 5.41) is 1.78. The van der Waals surface area contributed by atoms with E-state index >= 15 is 0 Å². The molecular formula is C9H5Br2NOS. The van der Waals surface area contributed by atoms with Gasteiger partial charge in [0.15, 0.2) is 0 Å². The van der Waals surface area contributed by atoms with Crippen molar-refractivity contribution in [3.63, 3.8) is 0 Å². The summed E-state index contributed by atoms with van der Waals surface area (Å²) < 4.78 is 3.24. The van der Waals surface area contributed by atoms with E-state index in [-0.39, 0.29) is 5.56 Å². The summed E-state index contributed by atoms with van der Waals surface area (Å²) in [7, 11) is 0. The van der Waals surface area contributed by atoms with E-state index in [0.717, 1.165) is 10.2 Å². The minimum atomic E-state index is -0.0164. The highest BCUT2D eigenvalue weighted by Crippen LogP contribution is 2.16. The van der Waals surface area contributed by atoms with Crippen molar-refractivity contribution in [1.82, 2.24) is 3.96 Å². The molecule has 0 aliphatic rings. The van der Waals surface area contributed by atoms with Crippen molar-refractivity contribution in [3.05, 3.63) is 48.9 Å². The Morgan fingerprint density at radius 1 is 1.14 bits per heavy atom. The Morgan fingerprint density at radius 2 is 1.79 bits per heavy atom. The molecule has 1 aromatic heterocycles. The van der Waals surface area contributed by atoms with Crippen molar-refractivity contribution < 1.29 is 0 Å². The molecule has 0 N–H and O–H groups in total. The van der Waals surface area contributed by atoms with Crippen LogP contribution in [0.2, 0.25) is 0 Å². The first-order chi connectivity index (χ1) is 6.68. The second-order valence-electron chi connectivity index (χ2n) is 2.65. The smallest absolute Gasteiger partial charge is 0.267 e. The molecule has 1 aromatic carbocycles. The predicted molar refractivity (Wildman–Crippen MR) is 65.3 cm³/mol. The van der Waals surface area contributed by atoms with E-state index in [9.17, 15) is 4.79 Å². The molecule has 0 atom stereocenters. The minimum Gasteiger partial charge on any atom is -0.267 e. The molecule has 72 valence electrons. The van der Waals surface area contributed by atoms with Crippen molar-refractivity contribution in [2.24, 2.45) is 0 Å². The van der Waals surface area contributed by atoms with Gasteiger partial charge in [0.05, 0.1) is 10.2 Å². The van der Waals surface area contributed by atoms with Crippen LogP contribution in [0.1, 0.15) is 0 Å². The largest absolute Gasteiger partial charge is 0.279 e. The minimum absolute atomic E-state index is 0.0164. The zero-order valence-electron chi connectivity index (χ0n) is 6.91. The molecule has 14 heavy (non-hydrogen) atoms. The molecule has 0 fully saturated rings. The SMILES string of the molecule is O=c1c(Br)csn1-c1ccc(Br)cc1.